The fourth-order valence-corrected chi connectivity index (χ4v) is 2.58. The zero-order chi connectivity index (χ0) is 18.2. The average molecular weight is 338 g/mol. The molecule has 0 fully saturated rings. The predicted octanol–water partition coefficient (Wildman–Crippen LogP) is 3.57. The molecule has 2 N–H and O–H groups in total. The fraction of sp³-hybridized carbons (Fsp3) is 0.333. The van der Waals surface area contributed by atoms with Crippen LogP contribution in [0.1, 0.15) is 31.9 Å². The van der Waals surface area contributed by atoms with Crippen molar-refractivity contribution in [1.29, 1.82) is 0 Å². The van der Waals surface area contributed by atoms with Gasteiger partial charge < -0.3 is 10.6 Å². The number of carbonyl (C=O) groups excluding carboxylic acids is 2. The maximum Gasteiger partial charge on any atom is 0.247 e. The second-order valence-electron chi connectivity index (χ2n) is 6.49. The molecule has 4 heteroatoms. The van der Waals surface area contributed by atoms with Crippen LogP contribution in [0.5, 0.6) is 0 Å². The highest BCUT2D eigenvalue weighted by atomic mass is 16.2. The van der Waals surface area contributed by atoms with Crippen LogP contribution in [-0.4, -0.2) is 17.9 Å². The Morgan fingerprint density at radius 3 is 2.12 bits per heavy atom. The number of amides is 2. The zero-order valence-electron chi connectivity index (χ0n) is 15.1. The number of nitrogens with one attached hydrogen (secondary N) is 2. The van der Waals surface area contributed by atoms with E-state index < -0.39 is 6.04 Å². The summed E-state index contributed by atoms with van der Waals surface area (Å²) in [4.78, 5) is 24.8. The number of aryl methyl sites for hydroxylation is 1. The minimum atomic E-state index is -0.568. The van der Waals surface area contributed by atoms with E-state index in [-0.39, 0.29) is 24.2 Å². The molecule has 0 aromatic heterocycles. The molecule has 2 rings (SSSR count). The van der Waals surface area contributed by atoms with Gasteiger partial charge in [-0.15, -0.1) is 0 Å². The second kappa shape index (κ2) is 9.02. The van der Waals surface area contributed by atoms with Crippen LogP contribution < -0.4 is 10.6 Å². The summed E-state index contributed by atoms with van der Waals surface area (Å²) in [5.41, 5.74) is 2.89. The molecule has 0 spiro atoms. The standard InChI is InChI=1S/C21H26N2O2/c1-4-16-10-12-18(13-11-16)22-21(25)20(15(2)3)23-19(24)14-17-8-6-5-7-9-17/h5-13,15,20H,4,14H2,1-3H3,(H,22,25)(H,23,24)/t20-/m0/s1. The quantitative estimate of drug-likeness (QED) is 0.811. The van der Waals surface area contributed by atoms with E-state index in [2.05, 4.69) is 17.6 Å². The van der Waals surface area contributed by atoms with Crippen molar-refractivity contribution in [2.75, 3.05) is 5.32 Å². The molecule has 0 aliphatic rings. The van der Waals surface area contributed by atoms with Gasteiger partial charge in [-0.1, -0.05) is 63.2 Å². The number of carbonyl (C=O) groups is 2. The zero-order valence-corrected chi connectivity index (χ0v) is 15.1. The van der Waals surface area contributed by atoms with Crippen molar-refractivity contribution >= 4 is 17.5 Å². The molecule has 4 nitrogen and oxygen atoms in total. The lowest BCUT2D eigenvalue weighted by Gasteiger charge is -2.22. The fourth-order valence-electron chi connectivity index (χ4n) is 2.58. The van der Waals surface area contributed by atoms with E-state index in [0.717, 1.165) is 17.7 Å². The van der Waals surface area contributed by atoms with Gasteiger partial charge in [0.05, 0.1) is 6.42 Å². The number of anilines is 1. The Kier molecular flexibility index (Phi) is 6.75. The number of hydrogen-bond donors (Lipinski definition) is 2. The summed E-state index contributed by atoms with van der Waals surface area (Å²) in [5.74, 6) is -0.350. The van der Waals surface area contributed by atoms with Crippen molar-refractivity contribution in [2.45, 2.75) is 39.7 Å². The Balaban J connectivity index is 1.98. The van der Waals surface area contributed by atoms with Crippen molar-refractivity contribution in [3.8, 4) is 0 Å². The Labute approximate surface area is 149 Å². The number of rotatable bonds is 7. The number of hydrogen-bond acceptors (Lipinski definition) is 2. The topological polar surface area (TPSA) is 58.2 Å². The van der Waals surface area contributed by atoms with Gasteiger partial charge in [0.2, 0.25) is 11.8 Å². The Morgan fingerprint density at radius 2 is 1.56 bits per heavy atom. The van der Waals surface area contributed by atoms with Crippen molar-refractivity contribution in [3.05, 3.63) is 65.7 Å². The van der Waals surface area contributed by atoms with Crippen LogP contribution in [0.25, 0.3) is 0 Å². The summed E-state index contributed by atoms with van der Waals surface area (Å²) in [7, 11) is 0. The summed E-state index contributed by atoms with van der Waals surface area (Å²) in [6.45, 7) is 5.94. The lowest BCUT2D eigenvalue weighted by Crippen LogP contribution is -2.47. The van der Waals surface area contributed by atoms with E-state index in [0.29, 0.717) is 0 Å². The van der Waals surface area contributed by atoms with Crippen LogP contribution in [-0.2, 0) is 22.4 Å². The van der Waals surface area contributed by atoms with Crippen LogP contribution in [0.15, 0.2) is 54.6 Å². The molecule has 2 aromatic carbocycles. The highest BCUT2D eigenvalue weighted by Crippen LogP contribution is 2.12. The first-order valence-electron chi connectivity index (χ1n) is 8.72. The first-order valence-corrected chi connectivity index (χ1v) is 8.72. The van der Waals surface area contributed by atoms with Gasteiger partial charge in [0.1, 0.15) is 6.04 Å². The molecule has 2 amide bonds. The third-order valence-electron chi connectivity index (χ3n) is 4.10. The van der Waals surface area contributed by atoms with Gasteiger partial charge in [-0.2, -0.15) is 0 Å². The molecule has 0 saturated heterocycles. The molecule has 0 aliphatic heterocycles. The summed E-state index contributed by atoms with van der Waals surface area (Å²) in [6, 6.07) is 16.7. The molecule has 1 atom stereocenters. The molecular weight excluding hydrogens is 312 g/mol. The minimum absolute atomic E-state index is 0.00496. The average Bonchev–Trinajstić information content (AvgIpc) is 2.61. The van der Waals surface area contributed by atoms with Gasteiger partial charge in [0.25, 0.3) is 0 Å². The monoisotopic (exact) mass is 338 g/mol. The summed E-state index contributed by atoms with van der Waals surface area (Å²) < 4.78 is 0. The van der Waals surface area contributed by atoms with Gasteiger partial charge in [0, 0.05) is 5.69 Å². The Bertz CT molecular complexity index is 694. The van der Waals surface area contributed by atoms with E-state index in [1.165, 1.54) is 5.56 Å². The molecular formula is C21H26N2O2. The normalized spacial score (nSPS) is 11.8. The Hall–Kier alpha value is -2.62. The van der Waals surface area contributed by atoms with Gasteiger partial charge in [-0.25, -0.2) is 0 Å². The molecule has 0 unspecified atom stereocenters. The highest BCUT2D eigenvalue weighted by molar-refractivity contribution is 5.97. The van der Waals surface area contributed by atoms with Crippen molar-refractivity contribution in [1.82, 2.24) is 5.32 Å². The molecule has 132 valence electrons. The molecule has 0 radical (unpaired) electrons. The highest BCUT2D eigenvalue weighted by Gasteiger charge is 2.24. The van der Waals surface area contributed by atoms with Crippen LogP contribution >= 0.6 is 0 Å². The number of benzene rings is 2. The van der Waals surface area contributed by atoms with Gasteiger partial charge in [-0.05, 0) is 35.6 Å². The third kappa shape index (κ3) is 5.75. The summed E-state index contributed by atoms with van der Waals surface area (Å²) >= 11 is 0. The van der Waals surface area contributed by atoms with Crippen molar-refractivity contribution in [3.63, 3.8) is 0 Å². The third-order valence-corrected chi connectivity index (χ3v) is 4.10. The van der Waals surface area contributed by atoms with Gasteiger partial charge in [0.15, 0.2) is 0 Å². The van der Waals surface area contributed by atoms with Gasteiger partial charge >= 0.3 is 0 Å². The lowest BCUT2D eigenvalue weighted by molar-refractivity contribution is -0.127. The first kappa shape index (κ1) is 18.7. The minimum Gasteiger partial charge on any atom is -0.344 e. The summed E-state index contributed by atoms with van der Waals surface area (Å²) in [6.07, 6.45) is 1.22. The maximum atomic E-state index is 12.6. The van der Waals surface area contributed by atoms with Crippen molar-refractivity contribution in [2.24, 2.45) is 5.92 Å². The SMILES string of the molecule is CCc1ccc(NC(=O)[C@@H](NC(=O)Cc2ccccc2)C(C)C)cc1. The van der Waals surface area contributed by atoms with E-state index in [1.807, 2.05) is 68.4 Å². The van der Waals surface area contributed by atoms with Crippen LogP contribution in [0.4, 0.5) is 5.69 Å². The lowest BCUT2D eigenvalue weighted by atomic mass is 10.0. The second-order valence-corrected chi connectivity index (χ2v) is 6.49. The molecule has 25 heavy (non-hydrogen) atoms. The van der Waals surface area contributed by atoms with E-state index in [1.54, 1.807) is 0 Å². The van der Waals surface area contributed by atoms with E-state index >= 15 is 0 Å². The Morgan fingerprint density at radius 1 is 0.920 bits per heavy atom. The predicted molar refractivity (Wildman–Crippen MR) is 101 cm³/mol. The van der Waals surface area contributed by atoms with E-state index in [4.69, 9.17) is 0 Å². The van der Waals surface area contributed by atoms with Crippen molar-refractivity contribution < 1.29 is 9.59 Å². The molecule has 0 aliphatic carbocycles. The largest absolute Gasteiger partial charge is 0.344 e. The molecule has 0 heterocycles. The first-order chi connectivity index (χ1) is 12.0. The molecule has 2 aromatic rings. The van der Waals surface area contributed by atoms with Crippen LogP contribution in [0, 0.1) is 5.92 Å². The van der Waals surface area contributed by atoms with E-state index in [9.17, 15) is 9.59 Å². The van der Waals surface area contributed by atoms with Crippen LogP contribution in [0.2, 0.25) is 0 Å². The van der Waals surface area contributed by atoms with Gasteiger partial charge in [-0.3, -0.25) is 9.59 Å². The van der Waals surface area contributed by atoms with Crippen LogP contribution in [0.3, 0.4) is 0 Å². The molecule has 0 bridgehead atoms. The smallest absolute Gasteiger partial charge is 0.247 e. The maximum absolute atomic E-state index is 12.6. The summed E-state index contributed by atoms with van der Waals surface area (Å²) in [5, 5.41) is 5.75. The molecule has 0 saturated carbocycles.